The monoisotopic (exact) mass is 297 g/mol. The molecule has 112 valence electrons. The molecule has 0 aliphatic carbocycles. The van der Waals surface area contributed by atoms with Crippen LogP contribution in [-0.4, -0.2) is 30.4 Å². The normalized spacial score (nSPS) is 12.4. The minimum atomic E-state index is -0.0517. The predicted molar refractivity (Wildman–Crippen MR) is 86.1 cm³/mol. The van der Waals surface area contributed by atoms with Gasteiger partial charge in [0.2, 0.25) is 5.91 Å². The van der Waals surface area contributed by atoms with Crippen LogP contribution in [0.15, 0.2) is 18.2 Å². The minimum Gasteiger partial charge on any atom is -0.397 e. The number of rotatable bonds is 7. The third-order valence-corrected chi connectivity index (χ3v) is 3.60. The summed E-state index contributed by atoms with van der Waals surface area (Å²) in [5.41, 5.74) is 6.91. The molecule has 0 saturated carbocycles. The van der Waals surface area contributed by atoms with Crippen LogP contribution in [0, 0.1) is 5.92 Å². The number of nitrogen functional groups attached to an aromatic ring is 1. The van der Waals surface area contributed by atoms with E-state index in [-0.39, 0.29) is 5.91 Å². The van der Waals surface area contributed by atoms with Crippen LogP contribution < -0.4 is 11.1 Å². The first-order valence-corrected chi connectivity index (χ1v) is 7.41. The van der Waals surface area contributed by atoms with Crippen LogP contribution in [0.2, 0.25) is 5.02 Å². The molecule has 0 aliphatic heterocycles. The van der Waals surface area contributed by atoms with Gasteiger partial charge in [0.1, 0.15) is 0 Å². The Morgan fingerprint density at radius 3 is 2.70 bits per heavy atom. The summed E-state index contributed by atoms with van der Waals surface area (Å²) in [5.74, 6) is 0.535. The molecule has 1 rings (SSSR count). The molecule has 0 heterocycles. The van der Waals surface area contributed by atoms with Crippen molar-refractivity contribution in [1.82, 2.24) is 4.90 Å². The van der Waals surface area contributed by atoms with Crippen molar-refractivity contribution in [3.8, 4) is 0 Å². The van der Waals surface area contributed by atoms with Gasteiger partial charge < -0.3 is 11.1 Å². The van der Waals surface area contributed by atoms with Crippen molar-refractivity contribution >= 4 is 28.9 Å². The topological polar surface area (TPSA) is 58.4 Å². The molecule has 0 spiro atoms. The summed E-state index contributed by atoms with van der Waals surface area (Å²) >= 11 is 5.83. The second kappa shape index (κ2) is 8.12. The lowest BCUT2D eigenvalue weighted by molar-refractivity contribution is -0.117. The third-order valence-electron chi connectivity index (χ3n) is 3.37. The van der Waals surface area contributed by atoms with Crippen molar-refractivity contribution in [2.75, 3.05) is 30.7 Å². The van der Waals surface area contributed by atoms with Gasteiger partial charge in [0.25, 0.3) is 0 Å². The predicted octanol–water partition coefficient (Wildman–Crippen LogP) is 3.23. The number of benzene rings is 1. The fraction of sp³-hybridized carbons (Fsp3) is 0.533. The van der Waals surface area contributed by atoms with Crippen molar-refractivity contribution < 1.29 is 4.79 Å². The number of likely N-dealkylation sites (N-methyl/N-ethyl adjacent to an activating group) is 1. The zero-order valence-electron chi connectivity index (χ0n) is 12.4. The average Bonchev–Trinajstić information content (AvgIpc) is 2.41. The number of nitrogens with zero attached hydrogens (tertiary/aromatic N) is 1. The molecule has 4 nitrogen and oxygen atoms in total. The molecule has 1 atom stereocenters. The van der Waals surface area contributed by atoms with E-state index in [1.807, 2.05) is 0 Å². The maximum Gasteiger partial charge on any atom is 0.238 e. The van der Waals surface area contributed by atoms with Gasteiger partial charge in [0, 0.05) is 11.6 Å². The van der Waals surface area contributed by atoms with E-state index < -0.39 is 0 Å². The van der Waals surface area contributed by atoms with Gasteiger partial charge in [-0.2, -0.15) is 0 Å². The number of nitrogens with one attached hydrogen (secondary N) is 1. The Morgan fingerprint density at radius 1 is 1.45 bits per heavy atom. The Bertz CT molecular complexity index is 451. The highest BCUT2D eigenvalue weighted by Gasteiger charge is 2.12. The quantitative estimate of drug-likeness (QED) is 0.760. The van der Waals surface area contributed by atoms with Gasteiger partial charge in [-0.05, 0) is 30.7 Å². The SMILES string of the molecule is CCC(C)CN(CC)CC(=O)Nc1ccc(Cl)cc1N. The number of anilines is 2. The van der Waals surface area contributed by atoms with Crippen LogP contribution in [0.25, 0.3) is 0 Å². The zero-order valence-corrected chi connectivity index (χ0v) is 13.2. The summed E-state index contributed by atoms with van der Waals surface area (Å²) in [6.07, 6.45) is 1.11. The molecule has 5 heteroatoms. The molecule has 20 heavy (non-hydrogen) atoms. The highest BCUT2D eigenvalue weighted by Crippen LogP contribution is 2.22. The maximum absolute atomic E-state index is 12.0. The van der Waals surface area contributed by atoms with Gasteiger partial charge in [-0.25, -0.2) is 0 Å². The van der Waals surface area contributed by atoms with E-state index in [2.05, 4.69) is 31.0 Å². The van der Waals surface area contributed by atoms with Gasteiger partial charge in [0.05, 0.1) is 17.9 Å². The third kappa shape index (κ3) is 5.39. The number of halogens is 1. The van der Waals surface area contributed by atoms with E-state index >= 15 is 0 Å². The van der Waals surface area contributed by atoms with Crippen molar-refractivity contribution in [2.45, 2.75) is 27.2 Å². The summed E-state index contributed by atoms with van der Waals surface area (Å²) in [7, 11) is 0. The molecule has 0 fully saturated rings. The molecule has 0 saturated heterocycles. The Balaban J connectivity index is 2.57. The van der Waals surface area contributed by atoms with E-state index in [9.17, 15) is 4.79 Å². The number of hydrogen-bond donors (Lipinski definition) is 2. The second-order valence-electron chi connectivity index (χ2n) is 5.12. The summed E-state index contributed by atoms with van der Waals surface area (Å²) in [6, 6.07) is 5.07. The number of amides is 1. The molecule has 0 radical (unpaired) electrons. The summed E-state index contributed by atoms with van der Waals surface area (Å²) in [5, 5.41) is 3.39. The highest BCUT2D eigenvalue weighted by atomic mass is 35.5. The smallest absolute Gasteiger partial charge is 0.238 e. The Kier molecular flexibility index (Phi) is 6.82. The van der Waals surface area contributed by atoms with Crippen molar-refractivity contribution in [1.29, 1.82) is 0 Å². The largest absolute Gasteiger partial charge is 0.397 e. The van der Waals surface area contributed by atoms with Crippen LogP contribution in [0.1, 0.15) is 27.2 Å². The van der Waals surface area contributed by atoms with Gasteiger partial charge >= 0.3 is 0 Å². The molecule has 1 aromatic rings. The number of nitrogens with two attached hydrogens (primary N) is 1. The fourth-order valence-electron chi connectivity index (χ4n) is 1.92. The van der Waals surface area contributed by atoms with Crippen LogP contribution in [0.5, 0.6) is 0 Å². The van der Waals surface area contributed by atoms with Crippen molar-refractivity contribution in [3.63, 3.8) is 0 Å². The second-order valence-corrected chi connectivity index (χ2v) is 5.56. The molecular weight excluding hydrogens is 274 g/mol. The molecule has 0 aromatic heterocycles. The first kappa shape index (κ1) is 16.8. The summed E-state index contributed by atoms with van der Waals surface area (Å²) < 4.78 is 0. The molecule has 1 aromatic carbocycles. The lowest BCUT2D eigenvalue weighted by Gasteiger charge is -2.23. The summed E-state index contributed by atoms with van der Waals surface area (Å²) in [4.78, 5) is 14.2. The van der Waals surface area contributed by atoms with E-state index in [1.165, 1.54) is 0 Å². The lowest BCUT2D eigenvalue weighted by atomic mass is 10.1. The fourth-order valence-corrected chi connectivity index (χ4v) is 2.10. The van der Waals surface area contributed by atoms with Gasteiger partial charge in [-0.1, -0.05) is 38.8 Å². The highest BCUT2D eigenvalue weighted by molar-refractivity contribution is 6.31. The van der Waals surface area contributed by atoms with Crippen molar-refractivity contribution in [2.24, 2.45) is 5.92 Å². The molecule has 1 unspecified atom stereocenters. The van der Waals surface area contributed by atoms with Crippen LogP contribution in [-0.2, 0) is 4.79 Å². The van der Waals surface area contributed by atoms with E-state index in [4.69, 9.17) is 17.3 Å². The maximum atomic E-state index is 12.0. The average molecular weight is 298 g/mol. The van der Waals surface area contributed by atoms with E-state index in [0.29, 0.717) is 28.9 Å². The van der Waals surface area contributed by atoms with Gasteiger partial charge in [-0.15, -0.1) is 0 Å². The number of carbonyl (C=O) groups is 1. The molecular formula is C15H24ClN3O. The first-order chi connectivity index (χ1) is 9.46. The van der Waals surface area contributed by atoms with E-state index in [1.54, 1.807) is 18.2 Å². The molecule has 3 N–H and O–H groups in total. The Labute approximate surface area is 126 Å². The molecule has 0 bridgehead atoms. The lowest BCUT2D eigenvalue weighted by Crippen LogP contribution is -2.36. The Morgan fingerprint density at radius 2 is 2.15 bits per heavy atom. The first-order valence-electron chi connectivity index (χ1n) is 7.03. The van der Waals surface area contributed by atoms with Crippen LogP contribution in [0.4, 0.5) is 11.4 Å². The van der Waals surface area contributed by atoms with Gasteiger partial charge in [-0.3, -0.25) is 9.69 Å². The standard InChI is InChI=1S/C15H24ClN3O/c1-4-11(3)9-19(5-2)10-15(20)18-14-7-6-12(16)8-13(14)17/h6-8,11H,4-5,9-10,17H2,1-3H3,(H,18,20). The van der Waals surface area contributed by atoms with E-state index in [0.717, 1.165) is 19.5 Å². The molecule has 1 amide bonds. The Hall–Kier alpha value is -1.26. The van der Waals surface area contributed by atoms with Crippen LogP contribution >= 0.6 is 11.6 Å². The number of hydrogen-bond acceptors (Lipinski definition) is 3. The molecule has 0 aliphatic rings. The minimum absolute atomic E-state index is 0.0517. The van der Waals surface area contributed by atoms with Crippen molar-refractivity contribution in [3.05, 3.63) is 23.2 Å². The zero-order chi connectivity index (χ0) is 15.1. The van der Waals surface area contributed by atoms with Crippen LogP contribution in [0.3, 0.4) is 0 Å². The van der Waals surface area contributed by atoms with Gasteiger partial charge in [0.15, 0.2) is 0 Å². The summed E-state index contributed by atoms with van der Waals surface area (Å²) in [6.45, 7) is 8.57. The number of carbonyl (C=O) groups excluding carboxylic acids is 1.